The number of aliphatic hydroxyl groups is 1. The molecule has 43 heavy (non-hydrogen) atoms. The topological polar surface area (TPSA) is 202 Å². The first-order valence-electron chi connectivity index (χ1n) is 15.0. The minimum absolute atomic E-state index is 0. The van der Waals surface area contributed by atoms with Gasteiger partial charge < -0.3 is 30.5 Å². The van der Waals surface area contributed by atoms with Gasteiger partial charge in [0, 0.05) is 25.4 Å². The van der Waals surface area contributed by atoms with Gasteiger partial charge in [0.2, 0.25) is 23.6 Å². The van der Waals surface area contributed by atoms with Crippen LogP contribution in [-0.4, -0.2) is 89.0 Å². The van der Waals surface area contributed by atoms with E-state index in [0.29, 0.717) is 25.8 Å². The van der Waals surface area contributed by atoms with Crippen LogP contribution >= 0.6 is 0 Å². The summed E-state index contributed by atoms with van der Waals surface area (Å²) in [5, 5.41) is 18.3. The Hall–Kier alpha value is -1.58. The van der Waals surface area contributed by atoms with Gasteiger partial charge in [0.25, 0.3) is 0 Å². The van der Waals surface area contributed by atoms with Gasteiger partial charge in [-0.25, -0.2) is 8.42 Å². The molecule has 1 unspecified atom stereocenters. The third-order valence-corrected chi connectivity index (χ3v) is 10.8. The summed E-state index contributed by atoms with van der Waals surface area (Å²) in [5.74, 6) is -3.47. The Bertz CT molecular complexity index is 1210. The second-order valence-corrected chi connectivity index (χ2v) is 14.4. The number of aliphatic hydroxyl groups excluding tert-OH is 1. The fourth-order valence-electron chi connectivity index (χ4n) is 7.26. The van der Waals surface area contributed by atoms with Crippen LogP contribution < -0.4 is 45.5 Å². The van der Waals surface area contributed by atoms with E-state index in [-0.39, 0.29) is 90.2 Å². The number of amides is 4. The van der Waals surface area contributed by atoms with E-state index in [0.717, 1.165) is 19.3 Å². The summed E-state index contributed by atoms with van der Waals surface area (Å²) in [7, 11) is -5.24. The molecule has 13 nitrogen and oxygen atoms in total. The Kier molecular flexibility index (Phi) is 11.9. The second-order valence-electron chi connectivity index (χ2n) is 12.9. The quantitative estimate of drug-likeness (QED) is 0.0968. The van der Waals surface area contributed by atoms with Crippen molar-refractivity contribution >= 4 is 39.5 Å². The molecular formula is C28H43N4NaO9S. The molecule has 15 heteroatoms. The Balaban J connectivity index is 0.00000506. The molecule has 0 bridgehead atoms. The minimum atomic E-state index is -5.24. The number of Topliss-reactive ketones (excluding diaryl/α,β-unsaturated/α-hetero) is 1. The summed E-state index contributed by atoms with van der Waals surface area (Å²) in [6.45, 7) is 6.20. The molecule has 4 amide bonds. The normalized spacial score (nSPS) is 28.5. The molecule has 236 valence electrons. The van der Waals surface area contributed by atoms with Crippen LogP contribution in [0.3, 0.4) is 0 Å². The molecule has 7 atom stereocenters. The summed E-state index contributed by atoms with van der Waals surface area (Å²) in [6, 6.07) is -3.51. The van der Waals surface area contributed by atoms with Crippen LogP contribution in [0, 0.1) is 29.1 Å². The maximum Gasteiger partial charge on any atom is 1.00 e. The van der Waals surface area contributed by atoms with Crippen molar-refractivity contribution in [3.8, 4) is 0 Å². The number of nitrogens with zero attached hydrogens (tertiary/aromatic N) is 1. The first-order chi connectivity index (χ1) is 19.7. The Morgan fingerprint density at radius 3 is 2.33 bits per heavy atom. The number of carbonyl (C=O) groups excluding carboxylic acids is 5. The summed E-state index contributed by atoms with van der Waals surface area (Å²) >= 11 is 0. The third-order valence-electron chi connectivity index (χ3n) is 9.88. The monoisotopic (exact) mass is 634 g/mol. The third kappa shape index (κ3) is 7.99. The van der Waals surface area contributed by atoms with Crippen molar-refractivity contribution in [2.75, 3.05) is 13.1 Å². The summed E-state index contributed by atoms with van der Waals surface area (Å²) in [5.41, 5.74) is -2.77. The Labute approximate surface area is 275 Å². The zero-order valence-corrected chi connectivity index (χ0v) is 28.3. The van der Waals surface area contributed by atoms with E-state index >= 15 is 0 Å². The van der Waals surface area contributed by atoms with E-state index in [1.807, 2.05) is 13.8 Å². The van der Waals surface area contributed by atoms with Crippen molar-refractivity contribution in [2.24, 2.45) is 29.1 Å². The van der Waals surface area contributed by atoms with Crippen molar-refractivity contribution in [2.45, 2.75) is 102 Å². The van der Waals surface area contributed by atoms with E-state index < -0.39 is 57.3 Å². The first-order valence-corrected chi connectivity index (χ1v) is 16.5. The van der Waals surface area contributed by atoms with Crippen LogP contribution in [0.5, 0.6) is 0 Å². The largest absolute Gasteiger partial charge is 1.00 e. The molecule has 4 rings (SSSR count). The van der Waals surface area contributed by atoms with E-state index in [2.05, 4.69) is 16.0 Å². The molecule has 2 aliphatic carbocycles. The van der Waals surface area contributed by atoms with Gasteiger partial charge in [-0.2, -0.15) is 0 Å². The van der Waals surface area contributed by atoms with Gasteiger partial charge in [-0.05, 0) is 48.9 Å². The Morgan fingerprint density at radius 1 is 1.12 bits per heavy atom. The first kappa shape index (κ1) is 35.9. The number of nitrogens with one attached hydrogen (secondary N) is 3. The smallest absolute Gasteiger partial charge is 0.746 e. The van der Waals surface area contributed by atoms with E-state index in [1.54, 1.807) is 6.92 Å². The Morgan fingerprint density at radius 2 is 1.77 bits per heavy atom. The van der Waals surface area contributed by atoms with Gasteiger partial charge in [0.05, 0.1) is 12.5 Å². The number of carbonyl (C=O) groups is 5. The second kappa shape index (κ2) is 14.2. The zero-order valence-electron chi connectivity index (χ0n) is 25.5. The van der Waals surface area contributed by atoms with Gasteiger partial charge in [-0.1, -0.05) is 40.0 Å². The van der Waals surface area contributed by atoms with Gasteiger partial charge in [0.1, 0.15) is 28.0 Å². The molecule has 2 heterocycles. The average molecular weight is 635 g/mol. The standard InChI is InChI=1S/C28H44N4O9S.Na/c1-4-17(33)13-20(34)31-22(15-8-6-5-7-9-15)26(37)32-14-18-21(28(18,2)3)23(32)25(36)30-19(27(38)42(39,40)41)12-16-10-11-29-24(16)35;/h15-16,18-19,21-23,27,38H,4-14H2,1-3H3,(H,29,35)(H,30,36)(H,31,34)(H,39,40,41);/q;+1/p-1/t16-,18-,19-,21-,22-,23-,27?;/m0./s1. The number of fused-ring (bicyclic) bond motifs is 1. The SMILES string of the molecule is CCC(=O)CC(=O)N[C@H](C(=O)N1C[C@H]2[C@@H]([C@H]1C(=O)N[C@@H](C[C@@H]1CCNC1=O)C(O)S(=O)(=O)[O-])C2(C)C)C1CCCCC1.[Na+]. The summed E-state index contributed by atoms with van der Waals surface area (Å²) in [4.78, 5) is 66.2. The van der Waals surface area contributed by atoms with E-state index in [9.17, 15) is 42.0 Å². The molecule has 4 aliphatic rings. The molecule has 2 saturated heterocycles. The van der Waals surface area contributed by atoms with Crippen LogP contribution in [0.2, 0.25) is 0 Å². The van der Waals surface area contributed by atoms with Crippen LogP contribution in [0.1, 0.15) is 78.6 Å². The van der Waals surface area contributed by atoms with Crippen LogP contribution in [0.25, 0.3) is 0 Å². The summed E-state index contributed by atoms with van der Waals surface area (Å²) < 4.78 is 35.3. The van der Waals surface area contributed by atoms with Gasteiger partial charge in [-0.15, -0.1) is 0 Å². The van der Waals surface area contributed by atoms with Crippen LogP contribution in [0.4, 0.5) is 0 Å². The van der Waals surface area contributed by atoms with Gasteiger partial charge in [0.15, 0.2) is 5.44 Å². The fourth-order valence-corrected chi connectivity index (χ4v) is 7.84. The molecule has 0 aromatic carbocycles. The van der Waals surface area contributed by atoms with E-state index in [1.165, 1.54) is 4.90 Å². The van der Waals surface area contributed by atoms with E-state index in [4.69, 9.17) is 0 Å². The van der Waals surface area contributed by atoms with Crippen molar-refractivity contribution in [3.05, 3.63) is 0 Å². The molecule has 0 aromatic heterocycles. The predicted octanol–water partition coefficient (Wildman–Crippen LogP) is -3.22. The molecule has 4 fully saturated rings. The van der Waals surface area contributed by atoms with Gasteiger partial charge in [-0.3, -0.25) is 24.0 Å². The van der Waals surface area contributed by atoms with Crippen LogP contribution in [0.15, 0.2) is 0 Å². The number of rotatable bonds is 12. The average Bonchev–Trinajstić information content (AvgIpc) is 3.28. The number of piperidine rings is 1. The maximum absolute atomic E-state index is 14.1. The predicted molar refractivity (Wildman–Crippen MR) is 148 cm³/mol. The molecule has 4 N–H and O–H groups in total. The molecule has 0 spiro atoms. The number of ketones is 1. The number of likely N-dealkylation sites (tertiary alicyclic amines) is 1. The maximum atomic E-state index is 14.1. The molecule has 0 aromatic rings. The van der Waals surface area contributed by atoms with Crippen LogP contribution in [-0.2, 0) is 34.1 Å². The molecular weight excluding hydrogens is 591 g/mol. The van der Waals surface area contributed by atoms with Crippen molar-refractivity contribution in [3.63, 3.8) is 0 Å². The molecule has 2 saturated carbocycles. The molecule has 2 aliphatic heterocycles. The van der Waals surface area contributed by atoms with Crippen molar-refractivity contribution < 1.29 is 71.6 Å². The zero-order chi connectivity index (χ0) is 31.0. The van der Waals surface area contributed by atoms with Crippen molar-refractivity contribution in [1.29, 1.82) is 0 Å². The summed E-state index contributed by atoms with van der Waals surface area (Å²) in [6.07, 6.45) is 4.15. The minimum Gasteiger partial charge on any atom is -0.746 e. The fraction of sp³-hybridized carbons (Fsp3) is 0.821. The number of hydrogen-bond donors (Lipinski definition) is 4. The van der Waals surface area contributed by atoms with Gasteiger partial charge >= 0.3 is 29.6 Å². The number of hydrogen-bond acceptors (Lipinski definition) is 9. The molecule has 0 radical (unpaired) electrons. The van der Waals surface area contributed by atoms with Crippen molar-refractivity contribution in [1.82, 2.24) is 20.9 Å².